The van der Waals surface area contributed by atoms with Crippen LogP contribution in [0, 0.1) is 0 Å². The van der Waals surface area contributed by atoms with Crippen molar-refractivity contribution in [1.29, 1.82) is 0 Å². The number of hydrogen-bond donors (Lipinski definition) is 2. The van der Waals surface area contributed by atoms with Crippen LogP contribution >= 0.6 is 11.6 Å². The maximum absolute atomic E-state index is 6.84. The highest BCUT2D eigenvalue weighted by molar-refractivity contribution is 6.33. The lowest BCUT2D eigenvalue weighted by Crippen LogP contribution is -2.44. The SMILES string of the molecule is CC(C)(C)Nc1ncnc2c1nc(-c1ccc(OCCN3CCNCC3)cc1Cl)n2Cc1ccccc1. The molecule has 37 heavy (non-hydrogen) atoms. The molecule has 0 amide bonds. The second-order valence-electron chi connectivity index (χ2n) is 10.4. The van der Waals surface area contributed by atoms with Crippen molar-refractivity contribution in [3.05, 3.63) is 65.4 Å². The maximum Gasteiger partial charge on any atom is 0.166 e. The molecular weight excluding hydrogens is 486 g/mol. The average molecular weight is 520 g/mol. The summed E-state index contributed by atoms with van der Waals surface area (Å²) >= 11 is 6.84. The molecule has 2 aromatic carbocycles. The van der Waals surface area contributed by atoms with E-state index in [4.69, 9.17) is 21.3 Å². The van der Waals surface area contributed by atoms with Crippen molar-refractivity contribution in [3.8, 4) is 17.1 Å². The summed E-state index contributed by atoms with van der Waals surface area (Å²) in [6, 6.07) is 16.1. The first-order chi connectivity index (χ1) is 17.9. The average Bonchev–Trinajstić information content (AvgIpc) is 3.23. The number of benzene rings is 2. The van der Waals surface area contributed by atoms with Crippen molar-refractivity contribution >= 4 is 28.6 Å². The van der Waals surface area contributed by atoms with Crippen molar-refractivity contribution in [2.75, 3.05) is 44.6 Å². The molecule has 4 aromatic rings. The van der Waals surface area contributed by atoms with E-state index in [1.54, 1.807) is 6.33 Å². The maximum atomic E-state index is 6.84. The molecule has 9 heteroatoms. The van der Waals surface area contributed by atoms with Crippen LogP contribution < -0.4 is 15.4 Å². The van der Waals surface area contributed by atoms with E-state index < -0.39 is 0 Å². The van der Waals surface area contributed by atoms with E-state index in [9.17, 15) is 0 Å². The van der Waals surface area contributed by atoms with E-state index in [0.717, 1.165) is 66.6 Å². The van der Waals surface area contributed by atoms with Crippen LogP contribution in [-0.4, -0.2) is 69.3 Å². The zero-order valence-electron chi connectivity index (χ0n) is 21.7. The minimum absolute atomic E-state index is 0.175. The van der Waals surface area contributed by atoms with E-state index in [1.165, 1.54) is 0 Å². The molecule has 1 aliphatic rings. The summed E-state index contributed by atoms with van der Waals surface area (Å²) < 4.78 is 8.14. The molecule has 2 N–H and O–H groups in total. The predicted octanol–water partition coefficient (Wildman–Crippen LogP) is 4.69. The minimum atomic E-state index is -0.175. The van der Waals surface area contributed by atoms with Crippen LogP contribution in [0.3, 0.4) is 0 Å². The van der Waals surface area contributed by atoms with Gasteiger partial charge in [-0.15, -0.1) is 0 Å². The Morgan fingerprint density at radius 3 is 2.57 bits per heavy atom. The fourth-order valence-corrected chi connectivity index (χ4v) is 4.75. The van der Waals surface area contributed by atoms with Crippen molar-refractivity contribution in [2.24, 2.45) is 0 Å². The van der Waals surface area contributed by atoms with Crippen LogP contribution in [0.1, 0.15) is 26.3 Å². The molecule has 194 valence electrons. The van der Waals surface area contributed by atoms with Gasteiger partial charge in [0.05, 0.1) is 11.6 Å². The highest BCUT2D eigenvalue weighted by Crippen LogP contribution is 2.34. The number of ether oxygens (including phenoxy) is 1. The number of nitrogens with one attached hydrogen (secondary N) is 2. The number of rotatable bonds is 8. The van der Waals surface area contributed by atoms with Gasteiger partial charge in [-0.25, -0.2) is 15.0 Å². The normalized spacial score (nSPS) is 14.7. The van der Waals surface area contributed by atoms with Gasteiger partial charge in [0.25, 0.3) is 0 Å². The Kier molecular flexibility index (Phi) is 7.60. The van der Waals surface area contributed by atoms with Crippen LogP contribution in [0.15, 0.2) is 54.9 Å². The second-order valence-corrected chi connectivity index (χ2v) is 10.8. The first-order valence-electron chi connectivity index (χ1n) is 12.8. The van der Waals surface area contributed by atoms with Crippen molar-refractivity contribution in [3.63, 3.8) is 0 Å². The van der Waals surface area contributed by atoms with Crippen molar-refractivity contribution in [2.45, 2.75) is 32.9 Å². The third kappa shape index (κ3) is 6.21. The molecule has 3 heterocycles. The third-order valence-electron chi connectivity index (χ3n) is 6.28. The first kappa shape index (κ1) is 25.4. The van der Waals surface area contributed by atoms with Crippen LogP contribution in [0.25, 0.3) is 22.6 Å². The highest BCUT2D eigenvalue weighted by atomic mass is 35.5. The Morgan fingerprint density at radius 1 is 1.05 bits per heavy atom. The summed E-state index contributed by atoms with van der Waals surface area (Å²) in [5.74, 6) is 2.20. The predicted molar refractivity (Wildman–Crippen MR) is 149 cm³/mol. The zero-order valence-corrected chi connectivity index (χ0v) is 22.4. The minimum Gasteiger partial charge on any atom is -0.492 e. The summed E-state index contributed by atoms with van der Waals surface area (Å²) in [5.41, 5.74) is 3.28. The van der Waals surface area contributed by atoms with Crippen LogP contribution in [0.2, 0.25) is 5.02 Å². The molecule has 0 aliphatic carbocycles. The smallest absolute Gasteiger partial charge is 0.166 e. The lowest BCUT2D eigenvalue weighted by Gasteiger charge is -2.26. The first-order valence-corrected chi connectivity index (χ1v) is 13.1. The molecule has 2 aromatic heterocycles. The molecular formula is C28H34ClN7O. The molecule has 8 nitrogen and oxygen atoms in total. The van der Waals surface area contributed by atoms with Gasteiger partial charge < -0.3 is 19.9 Å². The van der Waals surface area contributed by atoms with Crippen molar-refractivity contribution < 1.29 is 4.74 Å². The lowest BCUT2D eigenvalue weighted by atomic mass is 10.1. The van der Waals surface area contributed by atoms with Gasteiger partial charge in [-0.1, -0.05) is 41.9 Å². The van der Waals surface area contributed by atoms with Gasteiger partial charge >= 0.3 is 0 Å². The quantitative estimate of drug-likeness (QED) is 0.349. The standard InChI is InChI=1S/C28H34ClN7O/c1-28(2,3)34-25-24-27(32-19-31-25)36(18-20-7-5-4-6-8-20)26(33-24)22-10-9-21(17-23(22)29)37-16-15-35-13-11-30-12-14-35/h4-10,17,19,30H,11-16,18H2,1-3H3,(H,31,32,34). The Hall–Kier alpha value is -3.20. The fourth-order valence-electron chi connectivity index (χ4n) is 4.50. The Morgan fingerprint density at radius 2 is 1.84 bits per heavy atom. The molecule has 0 radical (unpaired) electrons. The van der Waals surface area contributed by atoms with Crippen LogP contribution in [-0.2, 0) is 6.54 Å². The Labute approximate surface area is 223 Å². The Bertz CT molecular complexity index is 1340. The summed E-state index contributed by atoms with van der Waals surface area (Å²) in [7, 11) is 0. The topological polar surface area (TPSA) is 80.1 Å². The largest absolute Gasteiger partial charge is 0.492 e. The summed E-state index contributed by atoms with van der Waals surface area (Å²) in [6.45, 7) is 12.6. The molecule has 5 rings (SSSR count). The van der Waals surface area contributed by atoms with Gasteiger partial charge in [-0.05, 0) is 44.5 Å². The van der Waals surface area contributed by atoms with Crippen LogP contribution in [0.5, 0.6) is 5.75 Å². The number of anilines is 1. The number of imidazole rings is 1. The molecule has 1 fully saturated rings. The van der Waals surface area contributed by atoms with E-state index in [-0.39, 0.29) is 5.54 Å². The molecule has 1 saturated heterocycles. The summed E-state index contributed by atoms with van der Waals surface area (Å²) in [6.07, 6.45) is 1.58. The highest BCUT2D eigenvalue weighted by Gasteiger charge is 2.22. The van der Waals surface area contributed by atoms with E-state index in [0.29, 0.717) is 24.0 Å². The monoisotopic (exact) mass is 519 g/mol. The molecule has 0 saturated carbocycles. The summed E-state index contributed by atoms with van der Waals surface area (Å²) in [4.78, 5) is 16.5. The molecule has 0 spiro atoms. The lowest BCUT2D eigenvalue weighted by molar-refractivity contribution is 0.191. The number of halogens is 1. The van der Waals surface area contributed by atoms with Gasteiger partial charge in [0.1, 0.15) is 24.5 Å². The third-order valence-corrected chi connectivity index (χ3v) is 6.59. The van der Waals surface area contributed by atoms with Gasteiger partial charge in [0.2, 0.25) is 0 Å². The van der Waals surface area contributed by atoms with E-state index in [1.807, 2.05) is 36.4 Å². The fraction of sp³-hybridized carbons (Fsp3) is 0.393. The van der Waals surface area contributed by atoms with Gasteiger partial charge in [0.15, 0.2) is 17.0 Å². The van der Waals surface area contributed by atoms with E-state index >= 15 is 0 Å². The second kappa shape index (κ2) is 11.0. The molecule has 1 aliphatic heterocycles. The van der Waals surface area contributed by atoms with Crippen molar-refractivity contribution in [1.82, 2.24) is 29.7 Å². The van der Waals surface area contributed by atoms with Gasteiger partial charge in [0, 0.05) is 43.8 Å². The number of aromatic nitrogens is 4. The number of fused-ring (bicyclic) bond motifs is 1. The van der Waals surface area contributed by atoms with Gasteiger partial charge in [-0.3, -0.25) is 4.90 Å². The molecule has 0 bridgehead atoms. The number of piperazine rings is 1. The summed E-state index contributed by atoms with van der Waals surface area (Å²) in [5, 5.41) is 7.43. The number of nitrogens with zero attached hydrogens (tertiary/aromatic N) is 5. The zero-order chi connectivity index (χ0) is 25.8. The van der Waals surface area contributed by atoms with E-state index in [2.05, 4.69) is 63.0 Å². The van der Waals surface area contributed by atoms with Gasteiger partial charge in [-0.2, -0.15) is 0 Å². The molecule has 0 unspecified atom stereocenters. The number of hydrogen-bond acceptors (Lipinski definition) is 7. The van der Waals surface area contributed by atoms with Crippen LogP contribution in [0.4, 0.5) is 5.82 Å². The Balaban J connectivity index is 1.47. The molecule has 0 atom stereocenters.